The summed E-state index contributed by atoms with van der Waals surface area (Å²) in [6, 6.07) is 3.97. The van der Waals surface area contributed by atoms with E-state index >= 15 is 0 Å². The Bertz CT molecular complexity index is 536. The second-order valence-electron chi connectivity index (χ2n) is 4.90. The minimum absolute atomic E-state index is 0.221. The number of carboxylic acid groups (broad SMARTS) is 1. The van der Waals surface area contributed by atoms with Gasteiger partial charge in [-0.15, -0.1) is 0 Å². The fraction of sp³-hybridized carbons (Fsp3) is 0.429. The van der Waals surface area contributed by atoms with Gasteiger partial charge in [-0.1, -0.05) is 25.4 Å². The molecule has 0 bridgehead atoms. The van der Waals surface area contributed by atoms with Crippen molar-refractivity contribution in [1.29, 1.82) is 0 Å². The molecule has 0 aromatic heterocycles. The van der Waals surface area contributed by atoms with E-state index in [1.54, 1.807) is 39.0 Å². The Morgan fingerprint density at radius 1 is 1.33 bits per heavy atom. The minimum atomic E-state index is -1.07. The van der Waals surface area contributed by atoms with Gasteiger partial charge in [-0.3, -0.25) is 4.79 Å². The highest BCUT2D eigenvalue weighted by molar-refractivity contribution is 9.10. The molecule has 0 heterocycles. The number of carbonyl (C=O) groups excluding carboxylic acids is 1. The summed E-state index contributed by atoms with van der Waals surface area (Å²) in [5.74, 6) is -1.32. The van der Waals surface area contributed by atoms with E-state index in [9.17, 15) is 9.59 Å². The van der Waals surface area contributed by atoms with Crippen molar-refractivity contribution < 1.29 is 19.4 Å². The Hall–Kier alpha value is -1.27. The van der Waals surface area contributed by atoms with Crippen LogP contribution in [0.5, 0.6) is 5.75 Å². The second kappa shape index (κ2) is 7.66. The largest absolute Gasteiger partial charge is 0.480 e. The molecule has 2 N–H and O–H groups in total. The van der Waals surface area contributed by atoms with Gasteiger partial charge in [0.25, 0.3) is 5.91 Å². The maximum atomic E-state index is 12.0. The molecule has 2 atom stereocenters. The highest BCUT2D eigenvalue weighted by Crippen LogP contribution is 2.28. The lowest BCUT2D eigenvalue weighted by Gasteiger charge is -2.21. The van der Waals surface area contributed by atoms with Crippen molar-refractivity contribution >= 4 is 39.4 Å². The highest BCUT2D eigenvalue weighted by atomic mass is 79.9. The van der Waals surface area contributed by atoms with Crippen LogP contribution in [-0.4, -0.2) is 29.1 Å². The van der Waals surface area contributed by atoms with E-state index < -0.39 is 24.0 Å². The summed E-state index contributed by atoms with van der Waals surface area (Å²) < 4.78 is 6.13. The van der Waals surface area contributed by atoms with E-state index in [4.69, 9.17) is 21.4 Å². The smallest absolute Gasteiger partial charge is 0.326 e. The van der Waals surface area contributed by atoms with Crippen molar-refractivity contribution in [3.63, 3.8) is 0 Å². The molecule has 1 rings (SSSR count). The van der Waals surface area contributed by atoms with Crippen LogP contribution in [0.2, 0.25) is 5.02 Å². The first-order valence-corrected chi connectivity index (χ1v) is 7.54. The quantitative estimate of drug-likeness (QED) is 0.797. The Morgan fingerprint density at radius 2 is 1.95 bits per heavy atom. The standard InChI is InChI=1S/C14H17BrClNO4/c1-7(2)12(14(19)20)17-13(18)8(3)21-11-5-4-9(16)6-10(11)15/h4-8,12H,1-3H3,(H,17,18)(H,19,20). The van der Waals surface area contributed by atoms with Crippen molar-refractivity contribution in [2.45, 2.75) is 32.9 Å². The summed E-state index contributed by atoms with van der Waals surface area (Å²) in [5.41, 5.74) is 0. The van der Waals surface area contributed by atoms with Crippen LogP contribution >= 0.6 is 27.5 Å². The third kappa shape index (κ3) is 5.21. The number of carbonyl (C=O) groups is 2. The molecule has 1 aromatic carbocycles. The molecule has 0 saturated heterocycles. The lowest BCUT2D eigenvalue weighted by Crippen LogP contribution is -2.48. The van der Waals surface area contributed by atoms with Crippen LogP contribution in [0.4, 0.5) is 0 Å². The first kappa shape index (κ1) is 17.8. The molecule has 0 aliphatic carbocycles. The molecule has 116 valence electrons. The van der Waals surface area contributed by atoms with Crippen molar-refractivity contribution in [2.24, 2.45) is 5.92 Å². The predicted molar refractivity (Wildman–Crippen MR) is 83.6 cm³/mol. The zero-order valence-electron chi connectivity index (χ0n) is 11.9. The molecule has 1 amide bonds. The van der Waals surface area contributed by atoms with Gasteiger partial charge in [0.1, 0.15) is 11.8 Å². The first-order chi connectivity index (χ1) is 9.72. The summed E-state index contributed by atoms with van der Waals surface area (Å²) in [4.78, 5) is 23.1. The maximum Gasteiger partial charge on any atom is 0.326 e. The van der Waals surface area contributed by atoms with Crippen molar-refractivity contribution in [1.82, 2.24) is 5.32 Å². The topological polar surface area (TPSA) is 75.6 Å². The zero-order chi connectivity index (χ0) is 16.2. The highest BCUT2D eigenvalue weighted by Gasteiger charge is 2.26. The number of aliphatic carboxylic acids is 1. The lowest BCUT2D eigenvalue weighted by molar-refractivity contribution is -0.144. The average molecular weight is 379 g/mol. The molecule has 21 heavy (non-hydrogen) atoms. The Labute approximate surface area is 136 Å². The number of amides is 1. The van der Waals surface area contributed by atoms with E-state index in [1.165, 1.54) is 0 Å². The van der Waals surface area contributed by atoms with E-state index in [2.05, 4.69) is 21.2 Å². The SMILES string of the molecule is CC(Oc1ccc(Cl)cc1Br)C(=O)NC(C(=O)O)C(C)C. The van der Waals surface area contributed by atoms with Gasteiger partial charge < -0.3 is 15.2 Å². The number of hydrogen-bond donors (Lipinski definition) is 2. The number of nitrogens with one attached hydrogen (secondary N) is 1. The summed E-state index contributed by atoms with van der Waals surface area (Å²) >= 11 is 9.11. The molecule has 1 aromatic rings. The number of halogens is 2. The van der Waals surface area contributed by atoms with Gasteiger partial charge in [-0.2, -0.15) is 0 Å². The van der Waals surface area contributed by atoms with E-state index in [-0.39, 0.29) is 5.92 Å². The Morgan fingerprint density at radius 3 is 2.43 bits per heavy atom. The van der Waals surface area contributed by atoms with Crippen LogP contribution < -0.4 is 10.1 Å². The van der Waals surface area contributed by atoms with Gasteiger partial charge >= 0.3 is 5.97 Å². The van der Waals surface area contributed by atoms with Crippen LogP contribution in [0.15, 0.2) is 22.7 Å². The minimum Gasteiger partial charge on any atom is -0.480 e. The molecule has 0 fully saturated rings. The third-order valence-electron chi connectivity index (χ3n) is 2.80. The van der Waals surface area contributed by atoms with Crippen LogP contribution in [0.25, 0.3) is 0 Å². The Balaban J connectivity index is 2.72. The fourth-order valence-electron chi connectivity index (χ4n) is 1.60. The molecule has 0 saturated carbocycles. The molecule has 2 unspecified atom stereocenters. The first-order valence-electron chi connectivity index (χ1n) is 6.37. The lowest BCUT2D eigenvalue weighted by atomic mass is 10.0. The molecule has 0 aliphatic rings. The summed E-state index contributed by atoms with van der Waals surface area (Å²) in [6.07, 6.45) is -0.830. The number of ether oxygens (including phenoxy) is 1. The van der Waals surface area contributed by atoms with Crippen LogP contribution in [-0.2, 0) is 9.59 Å². The molecular formula is C14H17BrClNO4. The summed E-state index contributed by atoms with van der Waals surface area (Å²) in [7, 11) is 0. The molecular weight excluding hydrogens is 362 g/mol. The van der Waals surface area contributed by atoms with Gasteiger partial charge in [0.05, 0.1) is 4.47 Å². The van der Waals surface area contributed by atoms with Crippen LogP contribution in [0.3, 0.4) is 0 Å². The normalized spacial score (nSPS) is 13.6. The number of hydrogen-bond acceptors (Lipinski definition) is 3. The molecule has 5 nitrogen and oxygen atoms in total. The number of rotatable bonds is 6. The third-order valence-corrected chi connectivity index (χ3v) is 3.65. The van der Waals surface area contributed by atoms with Gasteiger partial charge in [-0.05, 0) is 47.0 Å². The second-order valence-corrected chi connectivity index (χ2v) is 6.19. The summed E-state index contributed by atoms with van der Waals surface area (Å²) in [5, 5.41) is 12.1. The molecule has 0 radical (unpaired) electrons. The van der Waals surface area contributed by atoms with Gasteiger partial charge in [0, 0.05) is 5.02 Å². The molecule has 0 spiro atoms. The van der Waals surface area contributed by atoms with Gasteiger partial charge in [-0.25, -0.2) is 4.79 Å². The zero-order valence-corrected chi connectivity index (χ0v) is 14.2. The van der Waals surface area contributed by atoms with Gasteiger partial charge in [0.15, 0.2) is 6.10 Å². The van der Waals surface area contributed by atoms with E-state index in [0.717, 1.165) is 0 Å². The maximum absolute atomic E-state index is 12.0. The number of carboxylic acids is 1. The van der Waals surface area contributed by atoms with Crippen LogP contribution in [0.1, 0.15) is 20.8 Å². The fourth-order valence-corrected chi connectivity index (χ4v) is 2.38. The summed E-state index contributed by atoms with van der Waals surface area (Å²) in [6.45, 7) is 5.00. The average Bonchev–Trinajstić information content (AvgIpc) is 2.37. The van der Waals surface area contributed by atoms with E-state index in [1.807, 2.05) is 0 Å². The van der Waals surface area contributed by atoms with Crippen molar-refractivity contribution in [2.75, 3.05) is 0 Å². The van der Waals surface area contributed by atoms with Gasteiger partial charge in [0.2, 0.25) is 0 Å². The Kier molecular flexibility index (Phi) is 6.48. The molecule has 0 aliphatic heterocycles. The van der Waals surface area contributed by atoms with E-state index in [0.29, 0.717) is 15.2 Å². The van der Waals surface area contributed by atoms with Crippen molar-refractivity contribution in [3.05, 3.63) is 27.7 Å². The molecule has 7 heteroatoms. The van der Waals surface area contributed by atoms with Crippen molar-refractivity contribution in [3.8, 4) is 5.75 Å². The number of benzene rings is 1. The van der Waals surface area contributed by atoms with Crippen LogP contribution in [0, 0.1) is 5.92 Å². The monoisotopic (exact) mass is 377 g/mol. The predicted octanol–water partition coefficient (Wildman–Crippen LogP) is 3.10.